The van der Waals surface area contributed by atoms with Crippen LogP contribution in [0, 0.1) is 5.82 Å². The van der Waals surface area contributed by atoms with Gasteiger partial charge in [-0.2, -0.15) is 11.8 Å². The predicted octanol–water partition coefficient (Wildman–Crippen LogP) is 3.21. The van der Waals surface area contributed by atoms with E-state index in [1.807, 2.05) is 13.0 Å². The Kier molecular flexibility index (Phi) is 6.87. The molecule has 2 rings (SSSR count). The van der Waals surface area contributed by atoms with Crippen LogP contribution in [0.2, 0.25) is 0 Å². The monoisotopic (exact) mass is 363 g/mol. The molecule has 0 spiro atoms. The molecule has 0 saturated carbocycles. The van der Waals surface area contributed by atoms with Crippen LogP contribution in [0.5, 0.6) is 0 Å². The second-order valence-corrected chi connectivity index (χ2v) is 7.78. The van der Waals surface area contributed by atoms with Crippen LogP contribution in [-0.4, -0.2) is 39.6 Å². The summed E-state index contributed by atoms with van der Waals surface area (Å²) < 4.78 is 16.1. The number of nitrogens with one attached hydrogen (secondary N) is 2. The molecule has 0 unspecified atom stereocenters. The van der Waals surface area contributed by atoms with Crippen molar-refractivity contribution in [2.24, 2.45) is 4.99 Å². The third-order valence-corrected chi connectivity index (χ3v) is 5.04. The number of aliphatic imine (C=N–C) groups is 1. The number of halogens is 1. The Morgan fingerprint density at radius 3 is 2.76 bits per heavy atom. The Balaban J connectivity index is 2.05. The van der Waals surface area contributed by atoms with E-state index in [1.165, 1.54) is 6.07 Å². The molecular weight excluding hydrogens is 337 g/mol. The molecule has 25 heavy (non-hydrogen) atoms. The molecule has 2 aromatic rings. The van der Waals surface area contributed by atoms with Crippen molar-refractivity contribution >= 4 is 17.7 Å². The molecule has 0 radical (unpaired) electrons. The van der Waals surface area contributed by atoms with Gasteiger partial charge in [0.1, 0.15) is 5.82 Å². The number of imidazole rings is 1. The summed E-state index contributed by atoms with van der Waals surface area (Å²) in [5.41, 5.74) is 1.31. The van der Waals surface area contributed by atoms with Crippen LogP contribution in [0.25, 0.3) is 5.69 Å². The lowest BCUT2D eigenvalue weighted by molar-refractivity contribution is 0.615. The average molecular weight is 364 g/mol. The lowest BCUT2D eigenvalue weighted by Crippen LogP contribution is -2.43. The maximum Gasteiger partial charge on any atom is 0.191 e. The third kappa shape index (κ3) is 5.77. The maximum atomic E-state index is 14.3. The van der Waals surface area contributed by atoms with E-state index in [1.54, 1.807) is 41.1 Å². The van der Waals surface area contributed by atoms with E-state index < -0.39 is 0 Å². The number of guanidine groups is 1. The maximum absolute atomic E-state index is 14.3. The van der Waals surface area contributed by atoms with E-state index in [4.69, 9.17) is 0 Å². The van der Waals surface area contributed by atoms with Crippen molar-refractivity contribution in [3.8, 4) is 5.69 Å². The summed E-state index contributed by atoms with van der Waals surface area (Å²) in [6, 6.07) is 5.16. The second kappa shape index (κ2) is 8.89. The molecule has 2 N–H and O–H groups in total. The lowest BCUT2D eigenvalue weighted by Gasteiger charge is -2.23. The van der Waals surface area contributed by atoms with Crippen molar-refractivity contribution in [3.05, 3.63) is 48.3 Å². The molecule has 0 amide bonds. The minimum absolute atomic E-state index is 0.120. The SMILES string of the molecule is CCNC(=NCc1ccc(-n2ccnc2)c(F)c1)NCC(C)(C)SC. The van der Waals surface area contributed by atoms with Crippen molar-refractivity contribution in [1.29, 1.82) is 0 Å². The van der Waals surface area contributed by atoms with E-state index in [2.05, 4.69) is 40.7 Å². The molecule has 0 saturated heterocycles. The topological polar surface area (TPSA) is 54.2 Å². The van der Waals surface area contributed by atoms with Crippen LogP contribution in [0.1, 0.15) is 26.3 Å². The summed E-state index contributed by atoms with van der Waals surface area (Å²) in [6.07, 6.45) is 7.02. The number of thioether (sulfide) groups is 1. The highest BCUT2D eigenvalue weighted by Gasteiger charge is 2.16. The van der Waals surface area contributed by atoms with Crippen LogP contribution in [0.3, 0.4) is 0 Å². The standard InChI is InChI=1S/C18H26FN5S/c1-5-21-17(23-12-18(2,3)25-4)22-11-14-6-7-16(15(19)10-14)24-9-8-20-13-24/h6-10,13H,5,11-12H2,1-4H3,(H2,21,22,23). The number of nitrogens with zero attached hydrogens (tertiary/aromatic N) is 3. The first kappa shape index (κ1) is 19.3. The minimum Gasteiger partial charge on any atom is -0.357 e. The fraction of sp³-hybridized carbons (Fsp3) is 0.444. The van der Waals surface area contributed by atoms with E-state index in [0.717, 1.165) is 24.6 Å². The van der Waals surface area contributed by atoms with E-state index >= 15 is 0 Å². The molecule has 0 aliphatic heterocycles. The van der Waals surface area contributed by atoms with Crippen molar-refractivity contribution in [2.75, 3.05) is 19.3 Å². The van der Waals surface area contributed by atoms with Crippen LogP contribution in [0.15, 0.2) is 41.9 Å². The summed E-state index contributed by atoms with van der Waals surface area (Å²) in [5, 5.41) is 6.56. The summed E-state index contributed by atoms with van der Waals surface area (Å²) in [7, 11) is 0. The molecule has 1 heterocycles. The third-order valence-electron chi connectivity index (χ3n) is 3.79. The van der Waals surface area contributed by atoms with Crippen molar-refractivity contribution in [2.45, 2.75) is 32.1 Å². The quantitative estimate of drug-likeness (QED) is 0.586. The number of rotatable bonds is 7. The zero-order valence-electron chi connectivity index (χ0n) is 15.2. The molecule has 136 valence electrons. The molecule has 0 bridgehead atoms. The number of benzene rings is 1. The minimum atomic E-state index is -0.285. The summed E-state index contributed by atoms with van der Waals surface area (Å²) in [5.74, 6) is 0.455. The Morgan fingerprint density at radius 2 is 2.16 bits per heavy atom. The highest BCUT2D eigenvalue weighted by Crippen LogP contribution is 2.19. The lowest BCUT2D eigenvalue weighted by atomic mass is 10.2. The van der Waals surface area contributed by atoms with Gasteiger partial charge in [-0.15, -0.1) is 0 Å². The predicted molar refractivity (Wildman–Crippen MR) is 104 cm³/mol. The van der Waals surface area contributed by atoms with Crippen LogP contribution in [0.4, 0.5) is 4.39 Å². The smallest absolute Gasteiger partial charge is 0.191 e. The summed E-state index contributed by atoms with van der Waals surface area (Å²) in [6.45, 7) is 8.37. The Morgan fingerprint density at radius 1 is 1.36 bits per heavy atom. The van der Waals surface area contributed by atoms with E-state index in [9.17, 15) is 4.39 Å². The average Bonchev–Trinajstić information content (AvgIpc) is 3.12. The van der Waals surface area contributed by atoms with Crippen molar-refractivity contribution in [3.63, 3.8) is 0 Å². The van der Waals surface area contributed by atoms with Gasteiger partial charge in [-0.25, -0.2) is 14.4 Å². The molecule has 7 heteroatoms. The largest absolute Gasteiger partial charge is 0.357 e. The van der Waals surface area contributed by atoms with Gasteiger partial charge in [0.2, 0.25) is 0 Å². The first-order valence-corrected chi connectivity index (χ1v) is 9.52. The molecule has 5 nitrogen and oxygen atoms in total. The molecule has 0 aliphatic rings. The van der Waals surface area contributed by atoms with Gasteiger partial charge in [0, 0.05) is 30.2 Å². The molecule has 1 aromatic carbocycles. The van der Waals surface area contributed by atoms with Crippen molar-refractivity contribution in [1.82, 2.24) is 20.2 Å². The molecule has 0 aliphatic carbocycles. The molecule has 0 fully saturated rings. The van der Waals surface area contributed by atoms with Gasteiger partial charge in [0.15, 0.2) is 5.96 Å². The van der Waals surface area contributed by atoms with Gasteiger partial charge in [0.25, 0.3) is 0 Å². The fourth-order valence-electron chi connectivity index (χ4n) is 2.14. The highest BCUT2D eigenvalue weighted by molar-refractivity contribution is 7.99. The zero-order valence-corrected chi connectivity index (χ0v) is 16.0. The highest BCUT2D eigenvalue weighted by atomic mass is 32.2. The van der Waals surface area contributed by atoms with Crippen LogP contribution >= 0.6 is 11.8 Å². The van der Waals surface area contributed by atoms with Gasteiger partial charge in [-0.05, 0) is 44.7 Å². The summed E-state index contributed by atoms with van der Waals surface area (Å²) >= 11 is 1.80. The Bertz CT molecular complexity index is 697. The Labute approximate surface area is 153 Å². The fourth-order valence-corrected chi connectivity index (χ4v) is 2.36. The second-order valence-electron chi connectivity index (χ2n) is 6.27. The van der Waals surface area contributed by atoms with E-state index in [0.29, 0.717) is 12.2 Å². The van der Waals surface area contributed by atoms with Crippen LogP contribution in [-0.2, 0) is 6.54 Å². The summed E-state index contributed by atoms with van der Waals surface area (Å²) in [4.78, 5) is 8.50. The molecule has 0 atom stereocenters. The van der Waals surface area contributed by atoms with Crippen LogP contribution < -0.4 is 10.6 Å². The van der Waals surface area contributed by atoms with Gasteiger partial charge >= 0.3 is 0 Å². The van der Waals surface area contributed by atoms with Gasteiger partial charge < -0.3 is 15.2 Å². The zero-order chi connectivity index (χ0) is 18.3. The number of hydrogen-bond donors (Lipinski definition) is 2. The van der Waals surface area contributed by atoms with Crippen molar-refractivity contribution < 1.29 is 4.39 Å². The number of aromatic nitrogens is 2. The Hall–Kier alpha value is -2.02. The van der Waals surface area contributed by atoms with Gasteiger partial charge in [-0.3, -0.25) is 0 Å². The molecule has 1 aromatic heterocycles. The first-order valence-electron chi connectivity index (χ1n) is 8.29. The first-order chi connectivity index (χ1) is 11.9. The normalized spacial score (nSPS) is 12.3. The van der Waals surface area contributed by atoms with Gasteiger partial charge in [-0.1, -0.05) is 6.07 Å². The number of hydrogen-bond acceptors (Lipinski definition) is 3. The van der Waals surface area contributed by atoms with Gasteiger partial charge in [0.05, 0.1) is 18.6 Å². The molecular formula is C18H26FN5S. The van der Waals surface area contributed by atoms with E-state index in [-0.39, 0.29) is 10.6 Å².